The molecular formula is C25H30ClFN4O2. The SMILES string of the molecule is CC1(C)CN(CCCOc2ccc(Cl)cc2NC(N)=O)CCC1(C#N)Cc1ccc(F)cc1. The number of primary amides is 1. The number of hydrogen-bond acceptors (Lipinski definition) is 4. The largest absolute Gasteiger partial charge is 0.491 e. The molecule has 8 heteroatoms. The van der Waals surface area contributed by atoms with E-state index in [1.807, 2.05) is 0 Å². The smallest absolute Gasteiger partial charge is 0.316 e. The van der Waals surface area contributed by atoms with Crippen molar-refractivity contribution < 1.29 is 13.9 Å². The third-order valence-corrected chi connectivity index (χ3v) is 6.71. The van der Waals surface area contributed by atoms with Crippen LogP contribution in [0.25, 0.3) is 0 Å². The number of nitrogens with zero attached hydrogens (tertiary/aromatic N) is 2. The molecule has 2 aromatic carbocycles. The third-order valence-electron chi connectivity index (χ3n) is 6.48. The van der Waals surface area contributed by atoms with E-state index >= 15 is 0 Å². The van der Waals surface area contributed by atoms with E-state index in [9.17, 15) is 14.4 Å². The number of anilines is 1. The van der Waals surface area contributed by atoms with Gasteiger partial charge in [0.25, 0.3) is 0 Å². The average molecular weight is 473 g/mol. The highest BCUT2D eigenvalue weighted by Gasteiger charge is 2.49. The van der Waals surface area contributed by atoms with E-state index in [2.05, 4.69) is 30.1 Å². The number of piperidine rings is 1. The maximum atomic E-state index is 13.3. The van der Waals surface area contributed by atoms with Crippen LogP contribution in [0.2, 0.25) is 5.02 Å². The molecule has 0 aliphatic carbocycles. The minimum absolute atomic E-state index is 0.232. The van der Waals surface area contributed by atoms with Crippen molar-refractivity contribution in [3.8, 4) is 11.8 Å². The predicted octanol–water partition coefficient (Wildman–Crippen LogP) is 5.22. The van der Waals surface area contributed by atoms with Gasteiger partial charge in [-0.25, -0.2) is 9.18 Å². The molecule has 1 heterocycles. The van der Waals surface area contributed by atoms with Crippen molar-refractivity contribution in [3.05, 3.63) is 58.9 Å². The Morgan fingerprint density at radius 3 is 2.67 bits per heavy atom. The van der Waals surface area contributed by atoms with Crippen molar-refractivity contribution in [2.24, 2.45) is 16.6 Å². The molecule has 2 aromatic rings. The Balaban J connectivity index is 1.55. The number of ether oxygens (including phenoxy) is 1. The summed E-state index contributed by atoms with van der Waals surface area (Å²) in [6, 6.07) is 13.4. The molecule has 6 nitrogen and oxygen atoms in total. The van der Waals surface area contributed by atoms with Crippen LogP contribution >= 0.6 is 11.6 Å². The van der Waals surface area contributed by atoms with Crippen molar-refractivity contribution in [2.45, 2.75) is 33.1 Å². The van der Waals surface area contributed by atoms with E-state index in [-0.39, 0.29) is 11.2 Å². The van der Waals surface area contributed by atoms with Gasteiger partial charge in [0, 0.05) is 18.1 Å². The van der Waals surface area contributed by atoms with Gasteiger partial charge in [0.2, 0.25) is 0 Å². The number of carbonyl (C=O) groups excluding carboxylic acids is 1. The van der Waals surface area contributed by atoms with Crippen LogP contribution in [-0.2, 0) is 6.42 Å². The summed E-state index contributed by atoms with van der Waals surface area (Å²) in [5.41, 5.74) is 5.90. The Labute approximate surface area is 199 Å². The topological polar surface area (TPSA) is 91.4 Å². The lowest BCUT2D eigenvalue weighted by atomic mass is 9.59. The highest BCUT2D eigenvalue weighted by Crippen LogP contribution is 2.47. The first-order chi connectivity index (χ1) is 15.6. The van der Waals surface area contributed by atoms with E-state index in [1.54, 1.807) is 30.3 Å². The van der Waals surface area contributed by atoms with Crippen molar-refractivity contribution in [2.75, 3.05) is 31.6 Å². The molecule has 3 N–H and O–H groups in total. The Morgan fingerprint density at radius 2 is 2.03 bits per heavy atom. The van der Waals surface area contributed by atoms with E-state index in [1.165, 1.54) is 12.1 Å². The second kappa shape index (κ2) is 10.4. The van der Waals surface area contributed by atoms with Crippen LogP contribution in [0.5, 0.6) is 5.75 Å². The molecule has 1 fully saturated rings. The molecule has 3 rings (SSSR count). The van der Waals surface area contributed by atoms with Gasteiger partial charge >= 0.3 is 6.03 Å². The summed E-state index contributed by atoms with van der Waals surface area (Å²) in [6.45, 7) is 7.17. The summed E-state index contributed by atoms with van der Waals surface area (Å²) in [4.78, 5) is 13.6. The highest BCUT2D eigenvalue weighted by atomic mass is 35.5. The van der Waals surface area contributed by atoms with Gasteiger partial charge in [-0.3, -0.25) is 0 Å². The lowest BCUT2D eigenvalue weighted by Gasteiger charge is -2.50. The summed E-state index contributed by atoms with van der Waals surface area (Å²) in [7, 11) is 0. The maximum absolute atomic E-state index is 13.3. The number of hydrogen-bond donors (Lipinski definition) is 2. The Bertz CT molecular complexity index is 1020. The van der Waals surface area contributed by atoms with Gasteiger partial charge in [-0.05, 0) is 67.1 Å². The first-order valence-corrected chi connectivity index (χ1v) is 11.4. The van der Waals surface area contributed by atoms with Crippen LogP contribution < -0.4 is 15.8 Å². The molecule has 1 unspecified atom stereocenters. The number of amides is 2. The third kappa shape index (κ3) is 6.16. The molecule has 1 saturated heterocycles. The molecule has 1 atom stereocenters. The van der Waals surface area contributed by atoms with E-state index in [0.717, 1.165) is 38.0 Å². The minimum Gasteiger partial charge on any atom is -0.491 e. The summed E-state index contributed by atoms with van der Waals surface area (Å²) in [6.07, 6.45) is 2.14. The molecule has 1 aliphatic rings. The number of rotatable bonds is 8. The number of nitrogens with one attached hydrogen (secondary N) is 1. The molecule has 176 valence electrons. The molecule has 0 radical (unpaired) electrons. The number of nitriles is 1. The summed E-state index contributed by atoms with van der Waals surface area (Å²) in [5, 5.41) is 13.1. The molecule has 0 bridgehead atoms. The molecule has 0 saturated carbocycles. The number of nitrogens with two attached hydrogens (primary N) is 1. The van der Waals surface area contributed by atoms with Crippen LogP contribution in [0, 0.1) is 28.0 Å². The fourth-order valence-electron chi connectivity index (χ4n) is 4.52. The fraction of sp³-hybridized carbons (Fsp3) is 0.440. The summed E-state index contributed by atoms with van der Waals surface area (Å²) in [5.74, 6) is 0.247. The standard InChI is InChI=1S/C25H30ClFN4O2/c1-24(2)17-31(12-10-25(24,16-28)15-18-4-7-20(27)8-5-18)11-3-13-33-22-9-6-19(26)14-21(22)30-23(29)32/h4-9,14H,3,10-13,15,17H2,1-2H3,(H3,29,30,32). The summed E-state index contributed by atoms with van der Waals surface area (Å²) < 4.78 is 19.1. The second-order valence-corrected chi connectivity index (χ2v) is 9.68. The van der Waals surface area contributed by atoms with Crippen molar-refractivity contribution in [1.29, 1.82) is 5.26 Å². The first kappa shape index (κ1) is 24.8. The van der Waals surface area contributed by atoms with E-state index in [4.69, 9.17) is 22.1 Å². The van der Waals surface area contributed by atoms with Gasteiger partial charge < -0.3 is 20.7 Å². The lowest BCUT2D eigenvalue weighted by molar-refractivity contribution is 0.00695. The van der Waals surface area contributed by atoms with Gasteiger partial charge in [0.15, 0.2) is 0 Å². The maximum Gasteiger partial charge on any atom is 0.316 e. The summed E-state index contributed by atoms with van der Waals surface area (Å²) >= 11 is 5.99. The molecule has 0 aromatic heterocycles. The molecule has 33 heavy (non-hydrogen) atoms. The molecule has 1 aliphatic heterocycles. The van der Waals surface area contributed by atoms with Crippen LogP contribution in [0.15, 0.2) is 42.5 Å². The zero-order valence-electron chi connectivity index (χ0n) is 19.0. The number of urea groups is 1. The van der Waals surface area contributed by atoms with Gasteiger partial charge in [-0.1, -0.05) is 37.6 Å². The van der Waals surface area contributed by atoms with Crippen LogP contribution in [0.4, 0.5) is 14.9 Å². The fourth-order valence-corrected chi connectivity index (χ4v) is 4.69. The lowest BCUT2D eigenvalue weighted by Crippen LogP contribution is -2.53. The van der Waals surface area contributed by atoms with Gasteiger partial charge in [-0.15, -0.1) is 0 Å². The van der Waals surface area contributed by atoms with E-state index < -0.39 is 11.4 Å². The molecule has 0 spiro atoms. The highest BCUT2D eigenvalue weighted by molar-refractivity contribution is 6.31. The van der Waals surface area contributed by atoms with Gasteiger partial charge in [0.1, 0.15) is 11.6 Å². The van der Waals surface area contributed by atoms with E-state index in [0.29, 0.717) is 29.5 Å². The number of carbonyl (C=O) groups is 1. The van der Waals surface area contributed by atoms with Crippen LogP contribution in [0.1, 0.15) is 32.3 Å². The number of likely N-dealkylation sites (tertiary alicyclic amines) is 1. The normalized spacial score (nSPS) is 20.1. The van der Waals surface area contributed by atoms with Crippen LogP contribution in [0.3, 0.4) is 0 Å². The quantitative estimate of drug-likeness (QED) is 0.515. The number of benzene rings is 2. The number of halogens is 2. The average Bonchev–Trinajstić information content (AvgIpc) is 2.75. The van der Waals surface area contributed by atoms with Gasteiger partial charge in [-0.2, -0.15) is 5.26 Å². The molecular weight excluding hydrogens is 443 g/mol. The van der Waals surface area contributed by atoms with Crippen molar-refractivity contribution in [3.63, 3.8) is 0 Å². The Hall–Kier alpha value is -2.82. The van der Waals surface area contributed by atoms with Gasteiger partial charge in [0.05, 0.1) is 23.8 Å². The van der Waals surface area contributed by atoms with Crippen molar-refractivity contribution in [1.82, 2.24) is 4.90 Å². The van der Waals surface area contributed by atoms with Crippen molar-refractivity contribution >= 4 is 23.3 Å². The monoisotopic (exact) mass is 472 g/mol. The van der Waals surface area contributed by atoms with Crippen LogP contribution in [-0.4, -0.2) is 37.2 Å². The zero-order chi connectivity index (χ0) is 24.1. The zero-order valence-corrected chi connectivity index (χ0v) is 19.8. The molecule has 2 amide bonds. The first-order valence-electron chi connectivity index (χ1n) is 11.0. The minimum atomic E-state index is -0.681. The second-order valence-electron chi connectivity index (χ2n) is 9.24. The predicted molar refractivity (Wildman–Crippen MR) is 128 cm³/mol. The Kier molecular flexibility index (Phi) is 7.83. The Morgan fingerprint density at radius 1 is 1.30 bits per heavy atom.